The zero-order chi connectivity index (χ0) is 11.0. The van der Waals surface area contributed by atoms with Gasteiger partial charge in [0, 0.05) is 13.5 Å². The lowest BCUT2D eigenvalue weighted by molar-refractivity contribution is -0.305. The molecule has 0 aromatic rings. The van der Waals surface area contributed by atoms with Crippen LogP contribution in [0.1, 0.15) is 39.0 Å². The number of nitrogens with zero attached hydrogens (tertiary/aromatic N) is 1. The number of carboxylic acid groups (broad SMARTS) is 1. The summed E-state index contributed by atoms with van der Waals surface area (Å²) in [7, 11) is 1.48. The van der Waals surface area contributed by atoms with E-state index in [4.69, 9.17) is 0 Å². The standard InChI is InChI=1S/C10H19NO3/c1-3-4-5-6-7-9(12)11(2)8-10(13)14/h3-8H2,1-2H3,(H,13,14)/p-1. The first-order valence-electron chi connectivity index (χ1n) is 5.01. The van der Waals surface area contributed by atoms with Gasteiger partial charge < -0.3 is 14.8 Å². The zero-order valence-corrected chi connectivity index (χ0v) is 8.91. The molecule has 1 amide bonds. The number of carbonyl (C=O) groups is 2. The van der Waals surface area contributed by atoms with Gasteiger partial charge >= 0.3 is 0 Å². The molecular weight excluding hydrogens is 182 g/mol. The van der Waals surface area contributed by atoms with E-state index in [2.05, 4.69) is 6.92 Å². The molecule has 0 aliphatic heterocycles. The highest BCUT2D eigenvalue weighted by Crippen LogP contribution is 2.03. The lowest BCUT2D eigenvalue weighted by Gasteiger charge is -2.17. The highest BCUT2D eigenvalue weighted by atomic mass is 16.4. The molecule has 0 aliphatic carbocycles. The average molecular weight is 200 g/mol. The van der Waals surface area contributed by atoms with Crippen LogP contribution in [0.25, 0.3) is 0 Å². The number of carbonyl (C=O) groups excluding carboxylic acids is 2. The van der Waals surface area contributed by atoms with Crippen molar-refractivity contribution >= 4 is 11.9 Å². The quantitative estimate of drug-likeness (QED) is 0.550. The maximum atomic E-state index is 11.3. The van der Waals surface area contributed by atoms with Crippen molar-refractivity contribution in [2.45, 2.75) is 39.0 Å². The minimum absolute atomic E-state index is 0.120. The summed E-state index contributed by atoms with van der Waals surface area (Å²) in [4.78, 5) is 22.7. The fourth-order valence-corrected chi connectivity index (χ4v) is 1.18. The third-order valence-corrected chi connectivity index (χ3v) is 2.04. The maximum absolute atomic E-state index is 11.3. The van der Waals surface area contributed by atoms with E-state index < -0.39 is 5.97 Å². The van der Waals surface area contributed by atoms with Crippen molar-refractivity contribution in [3.8, 4) is 0 Å². The van der Waals surface area contributed by atoms with Crippen molar-refractivity contribution in [3.63, 3.8) is 0 Å². The highest BCUT2D eigenvalue weighted by molar-refractivity contribution is 5.80. The summed E-state index contributed by atoms with van der Waals surface area (Å²) in [6, 6.07) is 0. The Hall–Kier alpha value is -1.06. The van der Waals surface area contributed by atoms with Crippen molar-refractivity contribution < 1.29 is 14.7 Å². The molecule has 14 heavy (non-hydrogen) atoms. The Balaban J connectivity index is 3.57. The molecule has 0 spiro atoms. The third kappa shape index (κ3) is 6.46. The molecule has 0 saturated carbocycles. The first-order valence-corrected chi connectivity index (χ1v) is 5.01. The second kappa shape index (κ2) is 7.35. The number of rotatable bonds is 7. The van der Waals surface area contributed by atoms with Crippen LogP contribution in [0.15, 0.2) is 0 Å². The summed E-state index contributed by atoms with van der Waals surface area (Å²) < 4.78 is 0. The van der Waals surface area contributed by atoms with Gasteiger partial charge in [-0.15, -0.1) is 0 Å². The van der Waals surface area contributed by atoms with E-state index in [0.29, 0.717) is 6.42 Å². The number of unbranched alkanes of at least 4 members (excludes halogenated alkanes) is 3. The summed E-state index contributed by atoms with van der Waals surface area (Å²) in [5.41, 5.74) is 0. The Labute approximate surface area is 84.9 Å². The first-order chi connectivity index (χ1) is 6.57. The topological polar surface area (TPSA) is 60.4 Å². The van der Waals surface area contributed by atoms with E-state index in [1.807, 2.05) is 0 Å². The number of amides is 1. The number of hydrogen-bond donors (Lipinski definition) is 0. The van der Waals surface area contributed by atoms with Crippen molar-refractivity contribution in [2.75, 3.05) is 13.6 Å². The molecule has 0 rings (SSSR count). The SMILES string of the molecule is CCCCCCC(=O)N(C)CC(=O)[O-]. The summed E-state index contributed by atoms with van der Waals surface area (Å²) in [5.74, 6) is -1.33. The Morgan fingerprint density at radius 1 is 1.21 bits per heavy atom. The van der Waals surface area contributed by atoms with Crippen LogP contribution in [0.4, 0.5) is 0 Å². The monoisotopic (exact) mass is 200 g/mol. The van der Waals surface area contributed by atoms with Crippen molar-refractivity contribution in [2.24, 2.45) is 0 Å². The Morgan fingerprint density at radius 2 is 1.86 bits per heavy atom. The molecule has 0 N–H and O–H groups in total. The summed E-state index contributed by atoms with van der Waals surface area (Å²) in [5, 5.41) is 10.2. The van der Waals surface area contributed by atoms with Crippen molar-refractivity contribution in [1.29, 1.82) is 0 Å². The second-order valence-corrected chi connectivity index (χ2v) is 3.43. The van der Waals surface area contributed by atoms with Crippen LogP contribution < -0.4 is 5.11 Å². The minimum atomic E-state index is -1.21. The van der Waals surface area contributed by atoms with Crippen molar-refractivity contribution in [3.05, 3.63) is 0 Å². The average Bonchev–Trinajstić information content (AvgIpc) is 2.11. The van der Waals surface area contributed by atoms with E-state index in [-0.39, 0.29) is 12.5 Å². The van der Waals surface area contributed by atoms with Gasteiger partial charge in [0.1, 0.15) is 0 Å². The van der Waals surface area contributed by atoms with E-state index in [9.17, 15) is 14.7 Å². The Bertz CT molecular complexity index is 192. The molecule has 0 aromatic carbocycles. The molecule has 0 aliphatic rings. The zero-order valence-electron chi connectivity index (χ0n) is 8.91. The lowest BCUT2D eigenvalue weighted by Crippen LogP contribution is -2.39. The van der Waals surface area contributed by atoms with Gasteiger partial charge in [-0.3, -0.25) is 4.79 Å². The predicted molar refractivity (Wildman–Crippen MR) is 51.4 cm³/mol. The molecular formula is C10H18NO3-. The van der Waals surface area contributed by atoms with Crippen LogP contribution in [0.2, 0.25) is 0 Å². The molecule has 0 unspecified atom stereocenters. The van der Waals surface area contributed by atoms with Gasteiger partial charge in [-0.1, -0.05) is 26.2 Å². The van der Waals surface area contributed by atoms with Crippen LogP contribution >= 0.6 is 0 Å². The van der Waals surface area contributed by atoms with Gasteiger partial charge in [-0.25, -0.2) is 0 Å². The van der Waals surface area contributed by atoms with Crippen LogP contribution in [-0.4, -0.2) is 30.4 Å². The summed E-state index contributed by atoms with van der Waals surface area (Å²) in [6.07, 6.45) is 4.55. The van der Waals surface area contributed by atoms with Gasteiger partial charge in [0.25, 0.3) is 0 Å². The lowest BCUT2D eigenvalue weighted by atomic mass is 10.1. The molecule has 0 aromatic heterocycles. The highest BCUT2D eigenvalue weighted by Gasteiger charge is 2.07. The van der Waals surface area contributed by atoms with Gasteiger partial charge in [-0.05, 0) is 6.42 Å². The molecule has 0 bridgehead atoms. The van der Waals surface area contributed by atoms with Crippen LogP contribution in [0.3, 0.4) is 0 Å². The fourth-order valence-electron chi connectivity index (χ4n) is 1.18. The van der Waals surface area contributed by atoms with E-state index in [1.54, 1.807) is 0 Å². The van der Waals surface area contributed by atoms with E-state index in [0.717, 1.165) is 25.7 Å². The molecule has 0 atom stereocenters. The number of hydrogen-bond acceptors (Lipinski definition) is 3. The van der Waals surface area contributed by atoms with Crippen molar-refractivity contribution in [1.82, 2.24) is 4.90 Å². The summed E-state index contributed by atoms with van der Waals surface area (Å²) in [6.45, 7) is 1.79. The van der Waals surface area contributed by atoms with Gasteiger partial charge in [0.05, 0.1) is 12.5 Å². The van der Waals surface area contributed by atoms with Crippen LogP contribution in [0, 0.1) is 0 Å². The maximum Gasteiger partial charge on any atom is 0.222 e. The molecule has 0 radical (unpaired) electrons. The molecule has 4 nitrogen and oxygen atoms in total. The number of likely N-dealkylation sites (N-methyl/N-ethyl adjacent to an activating group) is 1. The molecule has 4 heteroatoms. The van der Waals surface area contributed by atoms with Gasteiger partial charge in [-0.2, -0.15) is 0 Å². The smallest absolute Gasteiger partial charge is 0.222 e. The molecule has 82 valence electrons. The van der Waals surface area contributed by atoms with Gasteiger partial charge in [0.15, 0.2) is 0 Å². The Morgan fingerprint density at radius 3 is 2.36 bits per heavy atom. The normalized spacial score (nSPS) is 9.86. The Kier molecular flexibility index (Phi) is 6.80. The van der Waals surface area contributed by atoms with Crippen LogP contribution in [0.5, 0.6) is 0 Å². The molecule has 0 saturated heterocycles. The minimum Gasteiger partial charge on any atom is -0.548 e. The molecule has 0 fully saturated rings. The van der Waals surface area contributed by atoms with E-state index >= 15 is 0 Å². The number of carboxylic acids is 1. The molecule has 0 heterocycles. The van der Waals surface area contributed by atoms with E-state index in [1.165, 1.54) is 11.9 Å². The third-order valence-electron chi connectivity index (χ3n) is 2.04. The summed E-state index contributed by atoms with van der Waals surface area (Å²) >= 11 is 0. The van der Waals surface area contributed by atoms with Gasteiger partial charge in [0.2, 0.25) is 5.91 Å². The van der Waals surface area contributed by atoms with Crippen LogP contribution in [-0.2, 0) is 9.59 Å². The fraction of sp³-hybridized carbons (Fsp3) is 0.800. The first kappa shape index (κ1) is 12.9. The number of aliphatic carboxylic acids is 1. The largest absolute Gasteiger partial charge is 0.548 e. The predicted octanol–water partition coefficient (Wildman–Crippen LogP) is 0.165. The second-order valence-electron chi connectivity index (χ2n) is 3.43.